The van der Waals surface area contributed by atoms with Crippen LogP contribution in [0.4, 0.5) is 0 Å². The van der Waals surface area contributed by atoms with Crippen LogP contribution >= 0.6 is 0 Å². The molecule has 0 unspecified atom stereocenters. The Hall–Kier alpha value is -1.32. The summed E-state index contributed by atoms with van der Waals surface area (Å²) in [6.07, 6.45) is 11.3. The number of halogens is 1. The molecule has 0 bridgehead atoms. The van der Waals surface area contributed by atoms with Gasteiger partial charge in [0.1, 0.15) is 6.54 Å². The fourth-order valence-corrected chi connectivity index (χ4v) is 3.32. The van der Waals surface area contributed by atoms with Crippen molar-refractivity contribution in [2.45, 2.75) is 71.3 Å². The maximum absolute atomic E-state index is 11.2. The number of rotatable bonds is 15. The summed E-state index contributed by atoms with van der Waals surface area (Å²) in [7, 11) is 4.67. The van der Waals surface area contributed by atoms with Gasteiger partial charge in [-0.15, -0.1) is 0 Å². The largest absolute Gasteiger partial charge is 1.00 e. The number of carbonyl (C=O) groups excluding carboxylic acids is 1. The number of ether oxygens (including phenoxy) is 1. The molecule has 0 heterocycles. The molecule has 1 rings (SSSR count). The van der Waals surface area contributed by atoms with Gasteiger partial charge >= 0.3 is 5.97 Å². The third-order valence-electron chi connectivity index (χ3n) is 4.94. The molecule has 28 heavy (non-hydrogen) atoms. The predicted molar refractivity (Wildman–Crippen MR) is 114 cm³/mol. The lowest BCUT2D eigenvalue weighted by Crippen LogP contribution is -3.00. The van der Waals surface area contributed by atoms with Crippen LogP contribution < -0.4 is 12.4 Å². The number of unbranched alkanes of at least 4 members (excludes halogenated alkanes) is 8. The van der Waals surface area contributed by atoms with E-state index in [2.05, 4.69) is 51.0 Å². The van der Waals surface area contributed by atoms with Crippen molar-refractivity contribution in [3.05, 3.63) is 48.0 Å². The van der Waals surface area contributed by atoms with Crippen LogP contribution in [0.5, 0.6) is 0 Å². The van der Waals surface area contributed by atoms with Gasteiger partial charge in [-0.1, -0.05) is 75.4 Å². The molecule has 4 heteroatoms. The number of nitrogens with zero attached hydrogens (tertiary/aromatic N) is 1. The van der Waals surface area contributed by atoms with Gasteiger partial charge in [0.05, 0.1) is 27.2 Å². The van der Waals surface area contributed by atoms with E-state index in [9.17, 15) is 4.79 Å². The van der Waals surface area contributed by atoms with E-state index in [-0.39, 0.29) is 18.4 Å². The third-order valence-corrected chi connectivity index (χ3v) is 4.94. The fourth-order valence-electron chi connectivity index (χ4n) is 3.32. The first-order valence-electron chi connectivity index (χ1n) is 10.6. The first kappa shape index (κ1) is 26.7. The Bertz CT molecular complexity index is 543. The highest BCUT2D eigenvalue weighted by molar-refractivity contribution is 5.86. The van der Waals surface area contributed by atoms with Gasteiger partial charge in [-0.25, -0.2) is 4.79 Å². The molecule has 0 N–H and O–H groups in total. The van der Waals surface area contributed by atoms with Crippen LogP contribution in [0.3, 0.4) is 0 Å². The highest BCUT2D eigenvalue weighted by Crippen LogP contribution is 2.13. The Morgan fingerprint density at radius 2 is 1.39 bits per heavy atom. The second-order valence-electron chi connectivity index (χ2n) is 8.40. The molecular formula is C24H40ClNO2. The summed E-state index contributed by atoms with van der Waals surface area (Å²) in [6.45, 7) is 8.16. The lowest BCUT2D eigenvalue weighted by Gasteiger charge is -2.30. The molecule has 1 aromatic rings. The van der Waals surface area contributed by atoms with Gasteiger partial charge in [0.15, 0.2) is 0 Å². The summed E-state index contributed by atoms with van der Waals surface area (Å²) >= 11 is 0. The molecule has 0 saturated heterocycles. The van der Waals surface area contributed by atoms with Crippen LogP contribution in [0, 0.1) is 0 Å². The number of carbonyl (C=O) groups is 1. The van der Waals surface area contributed by atoms with E-state index in [1.54, 1.807) is 6.92 Å². The molecular weight excluding hydrogens is 370 g/mol. The Labute approximate surface area is 179 Å². The third kappa shape index (κ3) is 13.8. The maximum Gasteiger partial charge on any atom is 0.333 e. The molecule has 0 spiro atoms. The van der Waals surface area contributed by atoms with Crippen molar-refractivity contribution in [1.29, 1.82) is 0 Å². The molecule has 0 aromatic heterocycles. The van der Waals surface area contributed by atoms with Crippen molar-refractivity contribution < 1.29 is 26.4 Å². The van der Waals surface area contributed by atoms with Gasteiger partial charge in [0, 0.05) is 11.1 Å². The highest BCUT2D eigenvalue weighted by atomic mass is 35.5. The van der Waals surface area contributed by atoms with E-state index in [1.807, 2.05) is 0 Å². The smallest absolute Gasteiger partial charge is 0.333 e. The van der Waals surface area contributed by atoms with Crippen molar-refractivity contribution in [2.24, 2.45) is 0 Å². The zero-order chi connectivity index (χ0) is 20.0. The molecule has 0 aliphatic rings. The summed E-state index contributed by atoms with van der Waals surface area (Å²) in [5.41, 5.74) is 1.91. The van der Waals surface area contributed by atoms with Crippen LogP contribution in [-0.4, -0.2) is 37.7 Å². The number of quaternary nitrogens is 1. The molecule has 160 valence electrons. The summed E-state index contributed by atoms with van der Waals surface area (Å²) in [5.74, 6) is -0.263. The summed E-state index contributed by atoms with van der Waals surface area (Å²) in [4.78, 5) is 11.2. The molecule has 1 aromatic carbocycles. The highest BCUT2D eigenvalue weighted by Gasteiger charge is 2.14. The molecule has 0 atom stereocenters. The first-order chi connectivity index (χ1) is 12.9. The van der Waals surface area contributed by atoms with Crippen LogP contribution in [0.2, 0.25) is 0 Å². The van der Waals surface area contributed by atoms with Gasteiger partial charge < -0.3 is 21.6 Å². The second-order valence-corrected chi connectivity index (χ2v) is 8.40. The van der Waals surface area contributed by atoms with Gasteiger partial charge in [-0.3, -0.25) is 0 Å². The van der Waals surface area contributed by atoms with Crippen molar-refractivity contribution in [3.63, 3.8) is 0 Å². The summed E-state index contributed by atoms with van der Waals surface area (Å²) in [5, 5.41) is 0. The molecule has 0 saturated carbocycles. The Morgan fingerprint density at radius 3 is 1.93 bits per heavy atom. The normalized spacial score (nSPS) is 11.0. The van der Waals surface area contributed by atoms with Crippen LogP contribution in [0.15, 0.2) is 42.5 Å². The second kappa shape index (κ2) is 15.6. The van der Waals surface area contributed by atoms with Crippen molar-refractivity contribution in [1.82, 2.24) is 0 Å². The quantitative estimate of drug-likeness (QED) is 0.193. The molecule has 0 aliphatic carbocycles. The van der Waals surface area contributed by atoms with Crippen molar-refractivity contribution in [2.75, 3.05) is 27.2 Å². The average molecular weight is 410 g/mol. The van der Waals surface area contributed by atoms with Gasteiger partial charge in [0.2, 0.25) is 0 Å². The van der Waals surface area contributed by atoms with Gasteiger partial charge in [0.25, 0.3) is 0 Å². The Kier molecular flexibility index (Phi) is 14.9. The number of benzene rings is 1. The minimum Gasteiger partial charge on any atom is -1.00 e. The van der Waals surface area contributed by atoms with Crippen LogP contribution in [0.25, 0.3) is 0 Å². The Morgan fingerprint density at radius 1 is 0.893 bits per heavy atom. The lowest BCUT2D eigenvalue weighted by molar-refractivity contribution is -0.903. The zero-order valence-corrected chi connectivity index (χ0v) is 19.0. The van der Waals surface area contributed by atoms with E-state index >= 15 is 0 Å². The van der Waals surface area contributed by atoms with Gasteiger partial charge in [-0.05, 0) is 26.2 Å². The number of hydrogen-bond donors (Lipinski definition) is 0. The van der Waals surface area contributed by atoms with Crippen LogP contribution in [-0.2, 0) is 16.1 Å². The minimum absolute atomic E-state index is 0. The zero-order valence-electron chi connectivity index (χ0n) is 18.2. The molecule has 0 radical (unpaired) electrons. The van der Waals surface area contributed by atoms with Gasteiger partial charge in [-0.2, -0.15) is 0 Å². The predicted octanol–water partition coefficient (Wildman–Crippen LogP) is 2.90. The van der Waals surface area contributed by atoms with E-state index in [1.165, 1.54) is 57.1 Å². The van der Waals surface area contributed by atoms with E-state index < -0.39 is 0 Å². The number of hydrogen-bond acceptors (Lipinski definition) is 2. The standard InChI is InChI=1S/C24H40NO2.ClH/c1-22(2)24(26)27-20-16-11-9-7-5-6-8-10-15-19-25(3,4)21-23-17-13-12-14-18-23;/h12-14,17-18H,1,5-11,15-16,19-21H2,2-4H3;1H/q+1;/p-1. The van der Waals surface area contributed by atoms with E-state index in [0.29, 0.717) is 12.2 Å². The lowest BCUT2D eigenvalue weighted by atomic mass is 10.1. The first-order valence-corrected chi connectivity index (χ1v) is 10.6. The van der Waals surface area contributed by atoms with Crippen molar-refractivity contribution in [3.8, 4) is 0 Å². The fraction of sp³-hybridized carbons (Fsp3) is 0.625. The number of esters is 1. The maximum atomic E-state index is 11.2. The summed E-state index contributed by atoms with van der Waals surface area (Å²) in [6, 6.07) is 10.8. The SMILES string of the molecule is C=C(C)C(=O)OCCCCCCCCCCC[N+](C)(C)Cc1ccccc1.[Cl-]. The average Bonchev–Trinajstić information content (AvgIpc) is 2.62. The van der Waals surface area contributed by atoms with E-state index in [0.717, 1.165) is 23.9 Å². The van der Waals surface area contributed by atoms with Crippen LogP contribution in [0.1, 0.15) is 70.3 Å². The topological polar surface area (TPSA) is 26.3 Å². The molecule has 0 fully saturated rings. The minimum atomic E-state index is -0.263. The summed E-state index contributed by atoms with van der Waals surface area (Å²) < 4.78 is 6.17. The van der Waals surface area contributed by atoms with E-state index in [4.69, 9.17) is 4.74 Å². The molecule has 3 nitrogen and oxygen atoms in total. The van der Waals surface area contributed by atoms with Crippen molar-refractivity contribution >= 4 is 5.97 Å². The monoisotopic (exact) mass is 409 g/mol. The molecule has 0 aliphatic heterocycles. The molecule has 0 amide bonds. The Balaban J connectivity index is 0.00000729.